The minimum absolute atomic E-state index is 0.118. The lowest BCUT2D eigenvalue weighted by atomic mass is 10.1. The maximum Gasteiger partial charge on any atom is 0.305 e. The summed E-state index contributed by atoms with van der Waals surface area (Å²) in [6, 6.07) is 0. The predicted molar refractivity (Wildman–Crippen MR) is 91.8 cm³/mol. The molecular formula is C19H32O3. The summed E-state index contributed by atoms with van der Waals surface area (Å²) in [6.45, 7) is 4.46. The van der Waals surface area contributed by atoms with Gasteiger partial charge in [-0.1, -0.05) is 50.8 Å². The Bertz CT molecular complexity index is 343. The molecule has 0 radical (unpaired) electrons. The van der Waals surface area contributed by atoms with Gasteiger partial charge in [-0.2, -0.15) is 0 Å². The van der Waals surface area contributed by atoms with Crippen molar-refractivity contribution >= 4 is 11.8 Å². The number of hydrogen-bond donors (Lipinski definition) is 0. The monoisotopic (exact) mass is 308 g/mol. The van der Waals surface area contributed by atoms with Crippen LogP contribution >= 0.6 is 0 Å². The van der Waals surface area contributed by atoms with E-state index in [1.807, 2.05) is 19.1 Å². The number of carbonyl (C=O) groups is 2. The van der Waals surface area contributed by atoms with Crippen LogP contribution in [0.15, 0.2) is 24.3 Å². The van der Waals surface area contributed by atoms with Crippen LogP contribution in [-0.4, -0.2) is 18.4 Å². The molecule has 0 N–H and O–H groups in total. The minimum atomic E-state index is -0.118. The van der Waals surface area contributed by atoms with Crippen molar-refractivity contribution in [1.82, 2.24) is 0 Å². The molecule has 0 spiro atoms. The molecule has 3 nitrogen and oxygen atoms in total. The third-order valence-corrected chi connectivity index (χ3v) is 3.36. The van der Waals surface area contributed by atoms with Gasteiger partial charge in [0.25, 0.3) is 0 Å². The molecular weight excluding hydrogens is 276 g/mol. The highest BCUT2D eigenvalue weighted by molar-refractivity contribution is 5.89. The summed E-state index contributed by atoms with van der Waals surface area (Å²) in [5.74, 6) is 0.0656. The van der Waals surface area contributed by atoms with Gasteiger partial charge < -0.3 is 4.74 Å². The van der Waals surface area contributed by atoms with Crippen LogP contribution in [0.5, 0.6) is 0 Å². The van der Waals surface area contributed by atoms with Crippen molar-refractivity contribution in [2.75, 3.05) is 6.61 Å². The molecule has 22 heavy (non-hydrogen) atoms. The topological polar surface area (TPSA) is 43.4 Å². The lowest BCUT2D eigenvalue weighted by molar-refractivity contribution is -0.143. The number of rotatable bonds is 14. The fraction of sp³-hybridized carbons (Fsp3) is 0.684. The molecule has 3 heteroatoms. The van der Waals surface area contributed by atoms with Crippen molar-refractivity contribution in [2.24, 2.45) is 0 Å². The summed E-state index contributed by atoms with van der Waals surface area (Å²) in [5, 5.41) is 0. The lowest BCUT2D eigenvalue weighted by Crippen LogP contribution is -2.03. The molecule has 0 rings (SSSR count). The molecule has 0 aliphatic carbocycles. The molecule has 0 bridgehead atoms. The first kappa shape index (κ1) is 20.6. The quantitative estimate of drug-likeness (QED) is 0.193. The van der Waals surface area contributed by atoms with Crippen LogP contribution in [0, 0.1) is 0 Å². The number of ketones is 1. The number of ether oxygens (including phenoxy) is 1. The standard InChI is InChI=1S/C19H32O3/c1-3-5-6-7-8-9-12-15-18(20)16-13-10-11-14-17-19(21)22-4-2/h8-9,12,15H,3-7,10-11,13-14,16-17H2,1-2H3. The summed E-state index contributed by atoms with van der Waals surface area (Å²) in [6.07, 6.45) is 17.2. The molecule has 0 fully saturated rings. The van der Waals surface area contributed by atoms with Gasteiger partial charge in [0.05, 0.1) is 6.61 Å². The summed E-state index contributed by atoms with van der Waals surface area (Å²) in [5.41, 5.74) is 0. The molecule has 0 aromatic rings. The van der Waals surface area contributed by atoms with Crippen molar-refractivity contribution in [3.05, 3.63) is 24.3 Å². The van der Waals surface area contributed by atoms with Crippen LogP contribution in [0.4, 0.5) is 0 Å². The molecule has 0 aromatic heterocycles. The Morgan fingerprint density at radius 2 is 1.59 bits per heavy atom. The summed E-state index contributed by atoms with van der Waals surface area (Å²) >= 11 is 0. The first-order valence-corrected chi connectivity index (χ1v) is 8.72. The van der Waals surface area contributed by atoms with Crippen LogP contribution in [-0.2, 0) is 14.3 Å². The number of hydrogen-bond acceptors (Lipinski definition) is 3. The van der Waals surface area contributed by atoms with Crippen molar-refractivity contribution in [3.8, 4) is 0 Å². The van der Waals surface area contributed by atoms with Crippen LogP contribution in [0.3, 0.4) is 0 Å². The molecule has 0 amide bonds. The molecule has 0 atom stereocenters. The van der Waals surface area contributed by atoms with E-state index in [-0.39, 0.29) is 11.8 Å². The highest BCUT2D eigenvalue weighted by Gasteiger charge is 2.01. The van der Waals surface area contributed by atoms with Gasteiger partial charge in [-0.25, -0.2) is 0 Å². The Kier molecular flexibility index (Phi) is 15.0. The second kappa shape index (κ2) is 16.0. The van der Waals surface area contributed by atoms with E-state index in [4.69, 9.17) is 4.74 Å². The van der Waals surface area contributed by atoms with Gasteiger partial charge in [0.15, 0.2) is 5.78 Å². The SMILES string of the molecule is CCCCCC=CC=CC(=O)CCCCCCC(=O)OCC. The Balaban J connectivity index is 3.47. The van der Waals surface area contributed by atoms with E-state index in [9.17, 15) is 9.59 Å². The molecule has 0 saturated carbocycles. The minimum Gasteiger partial charge on any atom is -0.466 e. The summed E-state index contributed by atoms with van der Waals surface area (Å²) in [4.78, 5) is 22.7. The highest BCUT2D eigenvalue weighted by Crippen LogP contribution is 2.07. The molecule has 0 saturated heterocycles. The predicted octanol–water partition coefficient (Wildman–Crippen LogP) is 5.15. The van der Waals surface area contributed by atoms with E-state index in [2.05, 4.69) is 13.0 Å². The number of allylic oxidation sites excluding steroid dienone is 4. The van der Waals surface area contributed by atoms with E-state index in [0.29, 0.717) is 19.4 Å². The zero-order chi connectivity index (χ0) is 16.5. The first-order valence-electron chi connectivity index (χ1n) is 8.72. The van der Waals surface area contributed by atoms with Gasteiger partial charge in [-0.15, -0.1) is 0 Å². The summed E-state index contributed by atoms with van der Waals surface area (Å²) in [7, 11) is 0. The maximum absolute atomic E-state index is 11.6. The third-order valence-electron chi connectivity index (χ3n) is 3.36. The van der Waals surface area contributed by atoms with E-state index in [0.717, 1.165) is 32.1 Å². The van der Waals surface area contributed by atoms with Crippen LogP contribution in [0.1, 0.15) is 78.1 Å². The van der Waals surface area contributed by atoms with E-state index >= 15 is 0 Å². The van der Waals surface area contributed by atoms with Crippen molar-refractivity contribution < 1.29 is 14.3 Å². The smallest absolute Gasteiger partial charge is 0.305 e. The second-order valence-electron chi connectivity index (χ2n) is 5.47. The van der Waals surface area contributed by atoms with Crippen molar-refractivity contribution in [3.63, 3.8) is 0 Å². The van der Waals surface area contributed by atoms with E-state index < -0.39 is 0 Å². The van der Waals surface area contributed by atoms with Gasteiger partial charge in [0.2, 0.25) is 0 Å². The average Bonchev–Trinajstić information content (AvgIpc) is 2.50. The zero-order valence-corrected chi connectivity index (χ0v) is 14.3. The first-order chi connectivity index (χ1) is 10.7. The van der Waals surface area contributed by atoms with Crippen LogP contribution in [0.25, 0.3) is 0 Å². The Morgan fingerprint density at radius 1 is 0.864 bits per heavy atom. The summed E-state index contributed by atoms with van der Waals surface area (Å²) < 4.78 is 4.86. The number of esters is 1. The molecule has 0 aliphatic heterocycles. The van der Waals surface area contributed by atoms with Crippen molar-refractivity contribution in [1.29, 1.82) is 0 Å². The fourth-order valence-electron chi connectivity index (χ4n) is 2.09. The van der Waals surface area contributed by atoms with E-state index in [1.165, 1.54) is 19.3 Å². The van der Waals surface area contributed by atoms with Crippen LogP contribution < -0.4 is 0 Å². The lowest BCUT2D eigenvalue weighted by Gasteiger charge is -2.01. The zero-order valence-electron chi connectivity index (χ0n) is 14.3. The van der Waals surface area contributed by atoms with Gasteiger partial charge >= 0.3 is 5.97 Å². The van der Waals surface area contributed by atoms with Crippen LogP contribution in [0.2, 0.25) is 0 Å². The third kappa shape index (κ3) is 15.0. The van der Waals surface area contributed by atoms with Gasteiger partial charge in [-0.05, 0) is 38.7 Å². The van der Waals surface area contributed by atoms with Gasteiger partial charge in [0, 0.05) is 12.8 Å². The average molecular weight is 308 g/mol. The highest BCUT2D eigenvalue weighted by atomic mass is 16.5. The normalized spacial score (nSPS) is 11.4. The Labute approximate surface area is 135 Å². The Hall–Kier alpha value is -1.38. The van der Waals surface area contributed by atoms with E-state index in [1.54, 1.807) is 6.08 Å². The number of carbonyl (C=O) groups excluding carboxylic acids is 2. The van der Waals surface area contributed by atoms with Gasteiger partial charge in [0.1, 0.15) is 0 Å². The fourth-order valence-corrected chi connectivity index (χ4v) is 2.09. The molecule has 0 unspecified atom stereocenters. The second-order valence-corrected chi connectivity index (χ2v) is 5.47. The molecule has 0 aromatic carbocycles. The molecule has 0 heterocycles. The largest absolute Gasteiger partial charge is 0.466 e. The molecule has 0 aliphatic rings. The number of unbranched alkanes of at least 4 members (excludes halogenated alkanes) is 6. The van der Waals surface area contributed by atoms with Crippen molar-refractivity contribution in [2.45, 2.75) is 78.1 Å². The van der Waals surface area contributed by atoms with Gasteiger partial charge in [-0.3, -0.25) is 9.59 Å². The maximum atomic E-state index is 11.6. The molecule has 126 valence electrons. The Morgan fingerprint density at radius 3 is 2.27 bits per heavy atom.